The standard InChI is InChI=1S/C10H9BrO2/c1-6-3-7-4-8(11)10(12-2)5-9(7)13-6/h3-5H,1-2H3. The Bertz CT molecular complexity index is 445. The first-order chi connectivity index (χ1) is 6.20. The van der Waals surface area contributed by atoms with E-state index >= 15 is 0 Å². The maximum absolute atomic E-state index is 5.46. The zero-order chi connectivity index (χ0) is 9.42. The maximum atomic E-state index is 5.46. The van der Waals surface area contributed by atoms with Crippen molar-refractivity contribution in [1.82, 2.24) is 0 Å². The molecule has 0 bridgehead atoms. The van der Waals surface area contributed by atoms with Crippen molar-refractivity contribution in [3.8, 4) is 5.75 Å². The minimum Gasteiger partial charge on any atom is -0.495 e. The molecule has 3 heteroatoms. The van der Waals surface area contributed by atoms with Crippen LogP contribution in [0.2, 0.25) is 0 Å². The number of benzene rings is 1. The number of hydrogen-bond acceptors (Lipinski definition) is 2. The van der Waals surface area contributed by atoms with Gasteiger partial charge >= 0.3 is 0 Å². The highest BCUT2D eigenvalue weighted by molar-refractivity contribution is 9.10. The van der Waals surface area contributed by atoms with Crippen LogP contribution in [0.3, 0.4) is 0 Å². The molecule has 0 aliphatic heterocycles. The lowest BCUT2D eigenvalue weighted by atomic mass is 10.2. The molecule has 2 nitrogen and oxygen atoms in total. The van der Waals surface area contributed by atoms with Crippen LogP contribution in [0.25, 0.3) is 11.0 Å². The summed E-state index contributed by atoms with van der Waals surface area (Å²) in [5, 5.41) is 1.09. The van der Waals surface area contributed by atoms with E-state index in [4.69, 9.17) is 9.15 Å². The van der Waals surface area contributed by atoms with E-state index in [0.717, 1.165) is 27.0 Å². The van der Waals surface area contributed by atoms with Gasteiger partial charge in [0.05, 0.1) is 11.6 Å². The zero-order valence-corrected chi connectivity index (χ0v) is 9.01. The van der Waals surface area contributed by atoms with Crippen LogP contribution in [0, 0.1) is 6.92 Å². The number of hydrogen-bond donors (Lipinski definition) is 0. The second kappa shape index (κ2) is 3.07. The Morgan fingerprint density at radius 2 is 2.08 bits per heavy atom. The average molecular weight is 241 g/mol. The van der Waals surface area contributed by atoms with Gasteiger partial charge in [0.1, 0.15) is 17.1 Å². The zero-order valence-electron chi connectivity index (χ0n) is 7.43. The van der Waals surface area contributed by atoms with Gasteiger partial charge in [-0.2, -0.15) is 0 Å². The molecule has 0 N–H and O–H groups in total. The molecule has 1 aromatic carbocycles. The third kappa shape index (κ3) is 1.44. The summed E-state index contributed by atoms with van der Waals surface area (Å²) in [5.41, 5.74) is 0.859. The maximum Gasteiger partial charge on any atom is 0.138 e. The molecule has 0 unspecified atom stereocenters. The second-order valence-corrected chi connectivity index (χ2v) is 3.74. The van der Waals surface area contributed by atoms with E-state index in [1.54, 1.807) is 7.11 Å². The molecule has 0 saturated heterocycles. The third-order valence-electron chi connectivity index (χ3n) is 1.91. The molecule has 0 fully saturated rings. The molecule has 0 atom stereocenters. The van der Waals surface area contributed by atoms with Crippen LogP contribution in [0.1, 0.15) is 5.76 Å². The van der Waals surface area contributed by atoms with Gasteiger partial charge in [-0.3, -0.25) is 0 Å². The summed E-state index contributed by atoms with van der Waals surface area (Å²) in [6.07, 6.45) is 0. The normalized spacial score (nSPS) is 10.7. The van der Waals surface area contributed by atoms with Gasteiger partial charge < -0.3 is 9.15 Å². The van der Waals surface area contributed by atoms with Crippen LogP contribution in [0.4, 0.5) is 0 Å². The minimum absolute atomic E-state index is 0.793. The van der Waals surface area contributed by atoms with Crippen LogP contribution in [0.5, 0.6) is 5.75 Å². The lowest BCUT2D eigenvalue weighted by molar-refractivity contribution is 0.411. The molecule has 0 amide bonds. The van der Waals surface area contributed by atoms with Crippen LogP contribution < -0.4 is 4.74 Å². The number of fused-ring (bicyclic) bond motifs is 1. The van der Waals surface area contributed by atoms with Crippen molar-refractivity contribution in [3.63, 3.8) is 0 Å². The summed E-state index contributed by atoms with van der Waals surface area (Å²) in [7, 11) is 1.64. The van der Waals surface area contributed by atoms with Gasteiger partial charge in [-0.1, -0.05) is 0 Å². The van der Waals surface area contributed by atoms with E-state index in [1.807, 2.05) is 25.1 Å². The van der Waals surface area contributed by atoms with Crippen molar-refractivity contribution in [1.29, 1.82) is 0 Å². The number of furan rings is 1. The lowest BCUT2D eigenvalue weighted by Crippen LogP contribution is -1.82. The Hall–Kier alpha value is -0.960. The first kappa shape index (κ1) is 8.63. The predicted molar refractivity (Wildman–Crippen MR) is 55.2 cm³/mol. The van der Waals surface area contributed by atoms with Crippen molar-refractivity contribution < 1.29 is 9.15 Å². The number of aryl methyl sites for hydroxylation is 1. The molecule has 2 rings (SSSR count). The van der Waals surface area contributed by atoms with E-state index in [9.17, 15) is 0 Å². The van der Waals surface area contributed by atoms with Crippen molar-refractivity contribution in [2.45, 2.75) is 6.92 Å². The van der Waals surface area contributed by atoms with Crippen molar-refractivity contribution in [2.24, 2.45) is 0 Å². The van der Waals surface area contributed by atoms with Gasteiger partial charge in [-0.05, 0) is 35.0 Å². The van der Waals surface area contributed by atoms with Crippen LogP contribution in [-0.2, 0) is 0 Å². The van der Waals surface area contributed by atoms with E-state index in [1.165, 1.54) is 0 Å². The predicted octanol–water partition coefficient (Wildman–Crippen LogP) is 3.51. The monoisotopic (exact) mass is 240 g/mol. The van der Waals surface area contributed by atoms with Gasteiger partial charge in [0.25, 0.3) is 0 Å². The summed E-state index contributed by atoms with van der Waals surface area (Å²) in [5.74, 6) is 1.71. The third-order valence-corrected chi connectivity index (χ3v) is 2.53. The SMILES string of the molecule is COc1cc2oc(C)cc2cc1Br. The smallest absolute Gasteiger partial charge is 0.138 e. The Morgan fingerprint density at radius 1 is 1.31 bits per heavy atom. The highest BCUT2D eigenvalue weighted by atomic mass is 79.9. The second-order valence-electron chi connectivity index (χ2n) is 2.88. The highest BCUT2D eigenvalue weighted by Crippen LogP contribution is 2.31. The van der Waals surface area contributed by atoms with Crippen molar-refractivity contribution in [2.75, 3.05) is 7.11 Å². The Morgan fingerprint density at radius 3 is 2.77 bits per heavy atom. The van der Waals surface area contributed by atoms with E-state index in [-0.39, 0.29) is 0 Å². The number of ether oxygens (including phenoxy) is 1. The molecule has 0 saturated carbocycles. The molecular weight excluding hydrogens is 232 g/mol. The molecule has 68 valence electrons. The van der Waals surface area contributed by atoms with Crippen LogP contribution in [0.15, 0.2) is 27.1 Å². The molecule has 0 aliphatic rings. The Labute approximate surface area is 84.6 Å². The molecule has 0 radical (unpaired) electrons. The lowest BCUT2D eigenvalue weighted by Gasteiger charge is -2.01. The first-order valence-corrected chi connectivity index (χ1v) is 4.73. The number of methoxy groups -OCH3 is 1. The summed E-state index contributed by atoms with van der Waals surface area (Å²) in [6, 6.07) is 5.87. The average Bonchev–Trinajstić information content (AvgIpc) is 2.42. The highest BCUT2D eigenvalue weighted by Gasteiger charge is 2.05. The molecule has 2 aromatic rings. The van der Waals surface area contributed by atoms with Crippen molar-refractivity contribution >= 4 is 26.9 Å². The minimum atomic E-state index is 0.793. The molecule has 1 aromatic heterocycles. The summed E-state index contributed by atoms with van der Waals surface area (Å²) < 4.78 is 11.6. The molecule has 13 heavy (non-hydrogen) atoms. The van der Waals surface area contributed by atoms with Gasteiger partial charge in [-0.25, -0.2) is 0 Å². The summed E-state index contributed by atoms with van der Waals surface area (Å²) in [6.45, 7) is 1.93. The van der Waals surface area contributed by atoms with Crippen molar-refractivity contribution in [3.05, 3.63) is 28.4 Å². The molecule has 0 aliphatic carbocycles. The quantitative estimate of drug-likeness (QED) is 0.762. The van der Waals surface area contributed by atoms with E-state index in [2.05, 4.69) is 15.9 Å². The van der Waals surface area contributed by atoms with E-state index < -0.39 is 0 Å². The fourth-order valence-electron chi connectivity index (χ4n) is 1.33. The van der Waals surface area contributed by atoms with Gasteiger partial charge in [0.15, 0.2) is 0 Å². The largest absolute Gasteiger partial charge is 0.495 e. The number of halogens is 1. The molecule has 0 spiro atoms. The Kier molecular flexibility index (Phi) is 2.04. The molecular formula is C10H9BrO2. The fraction of sp³-hybridized carbons (Fsp3) is 0.200. The summed E-state index contributed by atoms with van der Waals surface area (Å²) >= 11 is 3.42. The molecule has 1 heterocycles. The van der Waals surface area contributed by atoms with Gasteiger partial charge in [0.2, 0.25) is 0 Å². The van der Waals surface area contributed by atoms with E-state index in [0.29, 0.717) is 0 Å². The fourth-order valence-corrected chi connectivity index (χ4v) is 1.85. The number of rotatable bonds is 1. The first-order valence-electron chi connectivity index (χ1n) is 3.94. The van der Waals surface area contributed by atoms with Crippen LogP contribution in [-0.4, -0.2) is 7.11 Å². The van der Waals surface area contributed by atoms with Crippen LogP contribution >= 0.6 is 15.9 Å². The Balaban J connectivity index is 2.72. The van der Waals surface area contributed by atoms with Gasteiger partial charge in [-0.15, -0.1) is 0 Å². The summed E-state index contributed by atoms with van der Waals surface area (Å²) in [4.78, 5) is 0. The van der Waals surface area contributed by atoms with Gasteiger partial charge in [0, 0.05) is 11.5 Å². The topological polar surface area (TPSA) is 22.4 Å².